The molecular formula is C25H28ClNO3. The molecule has 1 aromatic carbocycles. The minimum Gasteiger partial charge on any atom is -0.504 e. The van der Waals surface area contributed by atoms with Gasteiger partial charge < -0.3 is 9.52 Å². The van der Waals surface area contributed by atoms with Crippen molar-refractivity contribution >= 4 is 34.3 Å². The van der Waals surface area contributed by atoms with E-state index in [9.17, 15) is 9.90 Å². The predicted octanol–water partition coefficient (Wildman–Crippen LogP) is 6.80. The number of nitrogens with zero attached hydrogens (tertiary/aromatic N) is 1. The molecule has 0 bridgehead atoms. The van der Waals surface area contributed by atoms with Crippen molar-refractivity contribution in [1.82, 2.24) is 4.98 Å². The number of aliphatic hydroxyl groups is 1. The first-order chi connectivity index (χ1) is 13.8. The fourth-order valence-corrected chi connectivity index (χ4v) is 3.65. The lowest BCUT2D eigenvalue weighted by Crippen LogP contribution is -2.26. The molecule has 2 aromatic heterocycles. The third-order valence-electron chi connectivity index (χ3n) is 5.09. The normalized spacial score (nSPS) is 13.1. The van der Waals surface area contributed by atoms with Crippen LogP contribution in [0.3, 0.4) is 0 Å². The second kappa shape index (κ2) is 7.59. The standard InChI is InChI=1S/C25H28ClNO3/c1-14-9-8-10-16-19(26)11-15(27-21(14)16)12-20(28)22-17(24(2,3)4)13-18(23(29)30-22)25(5,6)7/h8-13,28H,1-7H3/b20-12-. The van der Waals surface area contributed by atoms with E-state index in [4.69, 9.17) is 16.0 Å². The zero-order valence-corrected chi connectivity index (χ0v) is 19.3. The molecule has 3 rings (SSSR count). The van der Waals surface area contributed by atoms with Gasteiger partial charge in [0.1, 0.15) is 0 Å². The Morgan fingerprint density at radius 1 is 1.07 bits per heavy atom. The van der Waals surface area contributed by atoms with Crippen molar-refractivity contribution in [1.29, 1.82) is 0 Å². The van der Waals surface area contributed by atoms with Gasteiger partial charge in [0.05, 0.1) is 16.2 Å². The molecular weight excluding hydrogens is 398 g/mol. The minimum atomic E-state index is -0.453. The number of hydrogen-bond donors (Lipinski definition) is 1. The van der Waals surface area contributed by atoms with E-state index in [1.165, 1.54) is 6.08 Å². The van der Waals surface area contributed by atoms with Gasteiger partial charge in [-0.1, -0.05) is 71.3 Å². The van der Waals surface area contributed by atoms with E-state index in [0.29, 0.717) is 16.3 Å². The number of halogens is 1. The van der Waals surface area contributed by atoms with Gasteiger partial charge in [-0.3, -0.25) is 0 Å². The van der Waals surface area contributed by atoms with Crippen LogP contribution >= 0.6 is 11.6 Å². The molecule has 158 valence electrons. The van der Waals surface area contributed by atoms with Crippen molar-refractivity contribution in [2.45, 2.75) is 59.3 Å². The summed E-state index contributed by atoms with van der Waals surface area (Å²) in [6, 6.07) is 9.33. The fraction of sp³-hybridized carbons (Fsp3) is 0.360. The summed E-state index contributed by atoms with van der Waals surface area (Å²) in [5.74, 6) is -0.00251. The van der Waals surface area contributed by atoms with E-state index in [1.54, 1.807) is 6.07 Å². The third-order valence-corrected chi connectivity index (χ3v) is 5.40. The second-order valence-corrected chi connectivity index (χ2v) is 10.1. The maximum Gasteiger partial charge on any atom is 0.340 e. The number of fused-ring (bicyclic) bond motifs is 1. The molecule has 0 fully saturated rings. The van der Waals surface area contributed by atoms with Crippen LogP contribution in [-0.4, -0.2) is 10.1 Å². The number of rotatable bonds is 2. The van der Waals surface area contributed by atoms with Gasteiger partial charge in [0.2, 0.25) is 0 Å². The molecule has 5 heteroatoms. The largest absolute Gasteiger partial charge is 0.504 e. The number of hydrogen-bond acceptors (Lipinski definition) is 4. The van der Waals surface area contributed by atoms with Crippen LogP contribution in [0.1, 0.15) is 69.7 Å². The van der Waals surface area contributed by atoms with Crippen LogP contribution in [0.15, 0.2) is 39.5 Å². The monoisotopic (exact) mass is 425 g/mol. The van der Waals surface area contributed by atoms with E-state index >= 15 is 0 Å². The van der Waals surface area contributed by atoms with Gasteiger partial charge in [-0.2, -0.15) is 0 Å². The fourth-order valence-electron chi connectivity index (χ4n) is 3.39. The van der Waals surface area contributed by atoms with Crippen molar-refractivity contribution in [3.05, 3.63) is 73.9 Å². The Bertz CT molecular complexity index is 1210. The van der Waals surface area contributed by atoms with Gasteiger partial charge in [0.25, 0.3) is 0 Å². The maximum atomic E-state index is 12.7. The van der Waals surface area contributed by atoms with E-state index in [0.717, 1.165) is 22.0 Å². The zero-order chi connectivity index (χ0) is 22.4. The lowest BCUT2D eigenvalue weighted by molar-refractivity contribution is 0.402. The number of aliphatic hydroxyl groups excluding tert-OH is 1. The average Bonchev–Trinajstić information content (AvgIpc) is 2.60. The Kier molecular flexibility index (Phi) is 5.59. The molecule has 0 spiro atoms. The van der Waals surface area contributed by atoms with Crippen LogP contribution in [0.4, 0.5) is 0 Å². The van der Waals surface area contributed by atoms with Gasteiger partial charge in [0, 0.05) is 22.6 Å². The molecule has 0 aliphatic rings. The van der Waals surface area contributed by atoms with Crippen LogP contribution in [-0.2, 0) is 10.8 Å². The highest BCUT2D eigenvalue weighted by molar-refractivity contribution is 6.35. The third kappa shape index (κ3) is 4.29. The number of benzene rings is 1. The number of aromatic nitrogens is 1. The lowest BCUT2D eigenvalue weighted by Gasteiger charge is -2.25. The molecule has 3 aromatic rings. The van der Waals surface area contributed by atoms with Gasteiger partial charge in [0.15, 0.2) is 11.5 Å². The Labute approximate surface area is 182 Å². The topological polar surface area (TPSA) is 63.3 Å². The molecule has 2 heterocycles. The molecule has 0 radical (unpaired) electrons. The second-order valence-electron chi connectivity index (χ2n) is 9.72. The molecule has 0 aliphatic heterocycles. The summed E-state index contributed by atoms with van der Waals surface area (Å²) in [5, 5.41) is 12.3. The molecule has 0 saturated heterocycles. The molecule has 1 N–H and O–H groups in total. The maximum absolute atomic E-state index is 12.7. The van der Waals surface area contributed by atoms with Crippen LogP contribution in [0.5, 0.6) is 0 Å². The highest BCUT2D eigenvalue weighted by atomic mass is 35.5. The van der Waals surface area contributed by atoms with Crippen LogP contribution in [0.2, 0.25) is 5.02 Å². The summed E-state index contributed by atoms with van der Waals surface area (Å²) >= 11 is 6.44. The summed E-state index contributed by atoms with van der Waals surface area (Å²) in [5.41, 5.74) is 2.40. The molecule has 0 aliphatic carbocycles. The van der Waals surface area contributed by atoms with E-state index in [1.807, 2.05) is 72.7 Å². The Morgan fingerprint density at radius 3 is 2.30 bits per heavy atom. The van der Waals surface area contributed by atoms with Crippen molar-refractivity contribution in [2.75, 3.05) is 0 Å². The zero-order valence-electron chi connectivity index (χ0n) is 18.6. The van der Waals surface area contributed by atoms with Gasteiger partial charge >= 0.3 is 5.63 Å². The Hall–Kier alpha value is -2.59. The van der Waals surface area contributed by atoms with E-state index in [2.05, 4.69) is 4.98 Å². The average molecular weight is 426 g/mol. The Balaban J connectivity index is 2.22. The Morgan fingerprint density at radius 2 is 1.70 bits per heavy atom. The molecule has 4 nitrogen and oxygen atoms in total. The van der Waals surface area contributed by atoms with Crippen LogP contribution < -0.4 is 5.63 Å². The van der Waals surface area contributed by atoms with E-state index in [-0.39, 0.29) is 22.3 Å². The van der Waals surface area contributed by atoms with Crippen molar-refractivity contribution < 1.29 is 9.52 Å². The minimum absolute atomic E-state index is 0.156. The summed E-state index contributed by atoms with van der Waals surface area (Å²) in [6.45, 7) is 13.9. The van der Waals surface area contributed by atoms with Crippen molar-refractivity contribution in [2.24, 2.45) is 0 Å². The van der Waals surface area contributed by atoms with Gasteiger partial charge in [-0.05, 0) is 35.4 Å². The lowest BCUT2D eigenvalue weighted by atomic mass is 9.81. The molecule has 0 unspecified atom stereocenters. The molecule has 0 atom stereocenters. The smallest absolute Gasteiger partial charge is 0.340 e. The SMILES string of the molecule is Cc1cccc2c(Cl)cc(/C=C(\O)c3oc(=O)c(C(C)(C)C)cc3C(C)(C)C)nc12. The van der Waals surface area contributed by atoms with Crippen molar-refractivity contribution in [3.8, 4) is 0 Å². The van der Waals surface area contributed by atoms with Gasteiger partial charge in [-0.15, -0.1) is 0 Å². The summed E-state index contributed by atoms with van der Waals surface area (Å²) in [4.78, 5) is 17.3. The number of para-hydroxylation sites is 1. The quantitative estimate of drug-likeness (QED) is 0.458. The summed E-state index contributed by atoms with van der Waals surface area (Å²) in [6.07, 6.45) is 1.49. The predicted molar refractivity (Wildman–Crippen MR) is 124 cm³/mol. The van der Waals surface area contributed by atoms with Crippen LogP contribution in [0, 0.1) is 6.92 Å². The van der Waals surface area contributed by atoms with E-state index < -0.39 is 5.63 Å². The molecule has 0 saturated carbocycles. The number of pyridine rings is 1. The first kappa shape index (κ1) is 22.1. The first-order valence-electron chi connectivity index (χ1n) is 9.95. The molecule has 30 heavy (non-hydrogen) atoms. The summed E-state index contributed by atoms with van der Waals surface area (Å²) < 4.78 is 5.63. The molecule has 0 amide bonds. The first-order valence-corrected chi connectivity index (χ1v) is 10.3. The number of aryl methyl sites for hydroxylation is 1. The van der Waals surface area contributed by atoms with Gasteiger partial charge in [-0.25, -0.2) is 9.78 Å². The van der Waals surface area contributed by atoms with Crippen molar-refractivity contribution in [3.63, 3.8) is 0 Å². The highest BCUT2D eigenvalue weighted by Crippen LogP contribution is 2.33. The highest BCUT2D eigenvalue weighted by Gasteiger charge is 2.28. The van der Waals surface area contributed by atoms with Crippen LogP contribution in [0.25, 0.3) is 22.7 Å². The summed E-state index contributed by atoms with van der Waals surface area (Å²) in [7, 11) is 0.